The van der Waals surface area contributed by atoms with Crippen molar-refractivity contribution < 1.29 is 9.60 Å². The summed E-state index contributed by atoms with van der Waals surface area (Å²) in [6, 6.07) is 4.31. The molecule has 2 nitrogen and oxygen atoms in total. The molecular formula is C8H8FNO. The lowest BCUT2D eigenvalue weighted by molar-refractivity contribution is 0.322. The molecular weight excluding hydrogens is 145 g/mol. The molecule has 1 N–H and O–H groups in total. The molecule has 0 amide bonds. The summed E-state index contributed by atoms with van der Waals surface area (Å²) in [6.45, 7) is 1.82. The van der Waals surface area contributed by atoms with E-state index in [4.69, 9.17) is 5.21 Å². The van der Waals surface area contributed by atoms with Crippen molar-refractivity contribution in [1.82, 2.24) is 0 Å². The first kappa shape index (κ1) is 7.72. The largest absolute Gasteiger partial charge is 0.411 e. The predicted molar refractivity (Wildman–Crippen MR) is 40.5 cm³/mol. The van der Waals surface area contributed by atoms with Crippen molar-refractivity contribution in [2.45, 2.75) is 6.92 Å². The van der Waals surface area contributed by atoms with E-state index in [2.05, 4.69) is 5.16 Å². The van der Waals surface area contributed by atoms with E-state index < -0.39 is 0 Å². The second kappa shape index (κ2) is 3.14. The van der Waals surface area contributed by atoms with Crippen molar-refractivity contribution in [2.24, 2.45) is 5.16 Å². The number of hydrogen-bond donors (Lipinski definition) is 1. The van der Waals surface area contributed by atoms with Crippen LogP contribution in [-0.4, -0.2) is 11.4 Å². The third-order valence-corrected chi connectivity index (χ3v) is 1.44. The van der Waals surface area contributed by atoms with Crippen molar-refractivity contribution in [3.8, 4) is 0 Å². The molecule has 0 atom stereocenters. The van der Waals surface area contributed by atoms with E-state index in [-0.39, 0.29) is 5.82 Å². The number of benzene rings is 1. The summed E-state index contributed by atoms with van der Waals surface area (Å²) < 4.78 is 12.5. The normalized spacial score (nSPS) is 10.7. The predicted octanol–water partition coefficient (Wildman–Crippen LogP) is 1.94. The third-order valence-electron chi connectivity index (χ3n) is 1.44. The highest BCUT2D eigenvalue weighted by molar-refractivity contribution is 5.80. The fraction of sp³-hybridized carbons (Fsp3) is 0.125. The van der Waals surface area contributed by atoms with E-state index >= 15 is 0 Å². The van der Waals surface area contributed by atoms with Gasteiger partial charge in [0.05, 0.1) is 6.21 Å². The Kier molecular flexibility index (Phi) is 2.21. The minimum absolute atomic E-state index is 0.328. The van der Waals surface area contributed by atoms with Crippen molar-refractivity contribution in [1.29, 1.82) is 0 Å². The summed E-state index contributed by atoms with van der Waals surface area (Å²) in [6.07, 6.45) is 1.21. The summed E-state index contributed by atoms with van der Waals surface area (Å²) in [5.74, 6) is -0.328. The van der Waals surface area contributed by atoms with Gasteiger partial charge in [0.2, 0.25) is 0 Å². The van der Waals surface area contributed by atoms with E-state index in [1.165, 1.54) is 18.3 Å². The van der Waals surface area contributed by atoms with Gasteiger partial charge in [0.1, 0.15) is 5.82 Å². The molecule has 0 aliphatic heterocycles. The van der Waals surface area contributed by atoms with Gasteiger partial charge in [-0.2, -0.15) is 0 Å². The monoisotopic (exact) mass is 153 g/mol. The van der Waals surface area contributed by atoms with E-state index in [1.807, 2.05) is 6.92 Å². The number of hydrogen-bond acceptors (Lipinski definition) is 2. The molecule has 3 heteroatoms. The van der Waals surface area contributed by atoms with Crippen LogP contribution in [0.1, 0.15) is 11.1 Å². The number of rotatable bonds is 1. The molecule has 0 bridgehead atoms. The molecule has 0 aromatic heterocycles. The molecule has 0 spiro atoms. The van der Waals surface area contributed by atoms with Crippen LogP contribution in [0.2, 0.25) is 0 Å². The summed E-state index contributed by atoms with van der Waals surface area (Å²) >= 11 is 0. The Bertz CT molecular complexity index is 283. The van der Waals surface area contributed by atoms with E-state index in [0.717, 1.165) is 5.56 Å². The van der Waals surface area contributed by atoms with E-state index in [9.17, 15) is 4.39 Å². The average molecular weight is 153 g/mol. The van der Waals surface area contributed by atoms with Gasteiger partial charge in [0.25, 0.3) is 0 Å². The van der Waals surface area contributed by atoms with Gasteiger partial charge in [-0.3, -0.25) is 0 Å². The lowest BCUT2D eigenvalue weighted by Crippen LogP contribution is -1.87. The topological polar surface area (TPSA) is 32.6 Å². The van der Waals surface area contributed by atoms with Gasteiger partial charge in [0.15, 0.2) is 0 Å². The first-order valence-corrected chi connectivity index (χ1v) is 3.17. The fourth-order valence-corrected chi connectivity index (χ4v) is 0.813. The Balaban J connectivity index is 3.12. The van der Waals surface area contributed by atoms with Crippen LogP contribution in [-0.2, 0) is 0 Å². The zero-order chi connectivity index (χ0) is 8.27. The molecule has 1 aromatic rings. The standard InChI is InChI=1S/C8H8FNO/c1-6-2-3-8(9)4-7(6)5-10-11/h2-5,11H,1H3/b10-5+. The summed E-state index contributed by atoms with van der Waals surface area (Å²) in [4.78, 5) is 0. The Morgan fingerprint density at radius 2 is 2.27 bits per heavy atom. The highest BCUT2D eigenvalue weighted by Gasteiger charge is 1.96. The highest BCUT2D eigenvalue weighted by atomic mass is 19.1. The summed E-state index contributed by atoms with van der Waals surface area (Å²) in [5.41, 5.74) is 1.47. The maximum Gasteiger partial charge on any atom is 0.123 e. The molecule has 0 saturated carbocycles. The molecule has 58 valence electrons. The van der Waals surface area contributed by atoms with Gasteiger partial charge in [-0.1, -0.05) is 11.2 Å². The van der Waals surface area contributed by atoms with Crippen LogP contribution in [0.4, 0.5) is 4.39 Å². The van der Waals surface area contributed by atoms with Crippen LogP contribution in [0.5, 0.6) is 0 Å². The number of aryl methyl sites for hydroxylation is 1. The lowest BCUT2D eigenvalue weighted by atomic mass is 10.1. The van der Waals surface area contributed by atoms with Crippen LogP contribution in [0.15, 0.2) is 23.4 Å². The number of oxime groups is 1. The smallest absolute Gasteiger partial charge is 0.123 e. The van der Waals surface area contributed by atoms with E-state index in [0.29, 0.717) is 5.56 Å². The van der Waals surface area contributed by atoms with Gasteiger partial charge in [-0.05, 0) is 24.6 Å². The van der Waals surface area contributed by atoms with Crippen LogP contribution in [0.25, 0.3) is 0 Å². The average Bonchev–Trinajstić information content (AvgIpc) is 1.98. The van der Waals surface area contributed by atoms with Gasteiger partial charge in [-0.15, -0.1) is 0 Å². The summed E-state index contributed by atoms with van der Waals surface area (Å²) in [7, 11) is 0. The van der Waals surface area contributed by atoms with Gasteiger partial charge in [-0.25, -0.2) is 4.39 Å². The maximum absolute atomic E-state index is 12.5. The Hall–Kier alpha value is -1.38. The summed E-state index contributed by atoms with van der Waals surface area (Å²) in [5, 5.41) is 11.0. The van der Waals surface area contributed by atoms with Crippen LogP contribution < -0.4 is 0 Å². The van der Waals surface area contributed by atoms with Crippen LogP contribution in [0, 0.1) is 12.7 Å². The Morgan fingerprint density at radius 3 is 2.91 bits per heavy atom. The fourth-order valence-electron chi connectivity index (χ4n) is 0.813. The van der Waals surface area contributed by atoms with Crippen LogP contribution >= 0.6 is 0 Å². The van der Waals surface area contributed by atoms with Crippen molar-refractivity contribution in [3.63, 3.8) is 0 Å². The zero-order valence-electron chi connectivity index (χ0n) is 6.08. The Morgan fingerprint density at radius 1 is 1.55 bits per heavy atom. The molecule has 0 aliphatic carbocycles. The quantitative estimate of drug-likeness (QED) is 0.373. The molecule has 0 fully saturated rings. The molecule has 1 rings (SSSR count). The molecule has 0 aliphatic rings. The highest BCUT2D eigenvalue weighted by Crippen LogP contribution is 2.07. The van der Waals surface area contributed by atoms with Gasteiger partial charge in [0, 0.05) is 5.56 Å². The Labute approximate surface area is 64.0 Å². The number of nitrogens with zero attached hydrogens (tertiary/aromatic N) is 1. The van der Waals surface area contributed by atoms with Gasteiger partial charge < -0.3 is 5.21 Å². The number of halogens is 1. The van der Waals surface area contributed by atoms with E-state index in [1.54, 1.807) is 6.07 Å². The second-order valence-electron chi connectivity index (χ2n) is 2.25. The van der Waals surface area contributed by atoms with Crippen molar-refractivity contribution >= 4 is 6.21 Å². The molecule has 1 aromatic carbocycles. The minimum Gasteiger partial charge on any atom is -0.411 e. The minimum atomic E-state index is -0.328. The molecule has 0 radical (unpaired) electrons. The first-order chi connectivity index (χ1) is 5.24. The molecule has 11 heavy (non-hydrogen) atoms. The second-order valence-corrected chi connectivity index (χ2v) is 2.25. The van der Waals surface area contributed by atoms with Crippen LogP contribution in [0.3, 0.4) is 0 Å². The van der Waals surface area contributed by atoms with Crippen molar-refractivity contribution in [3.05, 3.63) is 35.1 Å². The molecule has 0 heterocycles. The first-order valence-electron chi connectivity index (χ1n) is 3.17. The lowest BCUT2D eigenvalue weighted by Gasteiger charge is -1.96. The van der Waals surface area contributed by atoms with Gasteiger partial charge >= 0.3 is 0 Å². The third kappa shape index (κ3) is 1.77. The maximum atomic E-state index is 12.5. The molecule has 0 unspecified atom stereocenters. The van der Waals surface area contributed by atoms with Crippen molar-refractivity contribution in [2.75, 3.05) is 0 Å². The molecule has 0 saturated heterocycles. The SMILES string of the molecule is Cc1ccc(F)cc1/C=N/O. The zero-order valence-corrected chi connectivity index (χ0v) is 6.08.